The fourth-order valence-electron chi connectivity index (χ4n) is 2.52. The van der Waals surface area contributed by atoms with Gasteiger partial charge in [0.25, 0.3) is 5.91 Å². The third-order valence-corrected chi connectivity index (χ3v) is 5.08. The Balaban J connectivity index is 1.85. The van der Waals surface area contributed by atoms with Gasteiger partial charge in [-0.1, -0.05) is 54.3 Å². The lowest BCUT2D eigenvalue weighted by molar-refractivity contribution is -0.150. The first-order valence-electron chi connectivity index (χ1n) is 7.73. The highest BCUT2D eigenvalue weighted by Gasteiger charge is 2.41. The summed E-state index contributed by atoms with van der Waals surface area (Å²) in [4.78, 5) is 35.9. The number of thioether (sulfide) groups is 1. The highest BCUT2D eigenvalue weighted by molar-refractivity contribution is 8.26. The molecule has 1 saturated heterocycles. The highest BCUT2D eigenvalue weighted by atomic mass is 32.2. The molecule has 2 N–H and O–H groups in total. The predicted molar refractivity (Wildman–Crippen MR) is 103 cm³/mol. The third-order valence-electron chi connectivity index (χ3n) is 3.75. The second kappa shape index (κ2) is 7.77. The van der Waals surface area contributed by atoms with Crippen LogP contribution in [0.3, 0.4) is 0 Å². The van der Waals surface area contributed by atoms with E-state index in [1.54, 1.807) is 12.1 Å². The Morgan fingerprint density at radius 3 is 2.52 bits per heavy atom. The molecule has 1 amide bonds. The molecule has 1 aromatic carbocycles. The Hall–Kier alpha value is -2.91. The molecule has 1 fully saturated rings. The quantitative estimate of drug-likeness (QED) is 0.560. The zero-order valence-electron chi connectivity index (χ0n) is 13.7. The number of furan rings is 1. The third kappa shape index (κ3) is 4.09. The van der Waals surface area contributed by atoms with Crippen molar-refractivity contribution < 1.29 is 29.0 Å². The van der Waals surface area contributed by atoms with Crippen LogP contribution in [0.25, 0.3) is 17.4 Å². The van der Waals surface area contributed by atoms with Crippen molar-refractivity contribution in [2.45, 2.75) is 12.5 Å². The average molecular weight is 403 g/mol. The topological polar surface area (TPSA) is 108 Å². The van der Waals surface area contributed by atoms with Crippen LogP contribution in [-0.4, -0.2) is 43.3 Å². The van der Waals surface area contributed by atoms with Crippen molar-refractivity contribution in [3.8, 4) is 11.3 Å². The summed E-state index contributed by atoms with van der Waals surface area (Å²) in [5.74, 6) is -2.40. The minimum atomic E-state index is -1.56. The molecule has 3 rings (SSSR count). The molecular weight excluding hydrogens is 390 g/mol. The second-order valence-electron chi connectivity index (χ2n) is 5.57. The molecule has 0 radical (unpaired) electrons. The summed E-state index contributed by atoms with van der Waals surface area (Å²) in [6.45, 7) is 0. The molecule has 27 heavy (non-hydrogen) atoms. The summed E-state index contributed by atoms with van der Waals surface area (Å²) in [6, 6.07) is 11.3. The molecule has 0 bridgehead atoms. The number of rotatable bonds is 6. The van der Waals surface area contributed by atoms with Crippen molar-refractivity contribution in [1.82, 2.24) is 4.90 Å². The van der Waals surface area contributed by atoms with Crippen molar-refractivity contribution in [3.63, 3.8) is 0 Å². The monoisotopic (exact) mass is 403 g/mol. The summed E-state index contributed by atoms with van der Waals surface area (Å²) >= 11 is 5.99. The molecule has 7 nitrogen and oxygen atoms in total. The van der Waals surface area contributed by atoms with E-state index in [2.05, 4.69) is 0 Å². The van der Waals surface area contributed by atoms with Crippen molar-refractivity contribution in [3.05, 3.63) is 53.1 Å². The first-order chi connectivity index (χ1) is 12.9. The molecule has 0 spiro atoms. The Kier molecular flexibility index (Phi) is 5.43. The van der Waals surface area contributed by atoms with Crippen LogP contribution in [0.1, 0.15) is 12.2 Å². The largest absolute Gasteiger partial charge is 0.481 e. The number of benzene rings is 1. The van der Waals surface area contributed by atoms with E-state index < -0.39 is 30.3 Å². The van der Waals surface area contributed by atoms with Gasteiger partial charge in [0.2, 0.25) is 0 Å². The number of hydrogen-bond donors (Lipinski definition) is 2. The predicted octanol–water partition coefficient (Wildman–Crippen LogP) is 3.08. The maximum atomic E-state index is 12.6. The maximum Gasteiger partial charge on any atom is 0.327 e. The lowest BCUT2D eigenvalue weighted by Gasteiger charge is -2.21. The summed E-state index contributed by atoms with van der Waals surface area (Å²) in [7, 11) is 0. The van der Waals surface area contributed by atoms with E-state index in [9.17, 15) is 19.5 Å². The van der Waals surface area contributed by atoms with Gasteiger partial charge in [0.1, 0.15) is 21.9 Å². The van der Waals surface area contributed by atoms with Crippen molar-refractivity contribution >= 4 is 52.2 Å². The average Bonchev–Trinajstić information content (AvgIpc) is 3.19. The van der Waals surface area contributed by atoms with Gasteiger partial charge in [-0.2, -0.15) is 0 Å². The number of carboxylic acid groups (broad SMARTS) is 2. The van der Waals surface area contributed by atoms with E-state index >= 15 is 0 Å². The Bertz CT molecular complexity index is 950. The summed E-state index contributed by atoms with van der Waals surface area (Å²) in [5, 5.41) is 18.2. The SMILES string of the molecule is O=C(O)C[C@@H](C(=O)O)N1C(=O)/C(=C/c2ccc(-c3ccccc3)o2)SC1=S. The molecular formula is C18H13NO6S2. The van der Waals surface area contributed by atoms with Crippen molar-refractivity contribution in [2.75, 3.05) is 0 Å². The molecule has 0 aliphatic carbocycles. The molecule has 0 saturated carbocycles. The Labute approximate surface area is 163 Å². The van der Waals surface area contributed by atoms with E-state index in [0.717, 1.165) is 22.2 Å². The number of thiocarbonyl (C=S) groups is 1. The molecule has 2 aromatic rings. The van der Waals surface area contributed by atoms with Crippen LogP contribution >= 0.6 is 24.0 Å². The standard InChI is InChI=1S/C18H13NO6S2/c20-15(21)9-12(17(23)24)19-16(22)14(27-18(19)26)8-11-6-7-13(25-11)10-4-2-1-3-5-10/h1-8,12H,9H2,(H,20,21)(H,23,24)/b14-8-/t12-/m0/s1. The zero-order chi connectivity index (χ0) is 19.6. The highest BCUT2D eigenvalue weighted by Crippen LogP contribution is 2.35. The normalized spacial score (nSPS) is 16.7. The smallest absolute Gasteiger partial charge is 0.327 e. The van der Waals surface area contributed by atoms with E-state index in [1.807, 2.05) is 30.3 Å². The maximum absolute atomic E-state index is 12.6. The summed E-state index contributed by atoms with van der Waals surface area (Å²) < 4.78 is 5.70. The van der Waals surface area contributed by atoms with Gasteiger partial charge in [0.15, 0.2) is 0 Å². The number of hydrogen-bond acceptors (Lipinski definition) is 6. The van der Waals surface area contributed by atoms with Gasteiger partial charge in [-0.05, 0) is 12.1 Å². The van der Waals surface area contributed by atoms with Crippen molar-refractivity contribution in [2.24, 2.45) is 0 Å². The Morgan fingerprint density at radius 1 is 1.19 bits per heavy atom. The fraction of sp³-hybridized carbons (Fsp3) is 0.111. The van der Waals surface area contributed by atoms with Crippen molar-refractivity contribution in [1.29, 1.82) is 0 Å². The number of carboxylic acids is 2. The second-order valence-corrected chi connectivity index (χ2v) is 7.25. The lowest BCUT2D eigenvalue weighted by atomic mass is 10.2. The van der Waals surface area contributed by atoms with E-state index in [-0.39, 0.29) is 9.23 Å². The number of amides is 1. The van der Waals surface area contributed by atoms with Crippen LogP contribution in [0.4, 0.5) is 0 Å². The lowest BCUT2D eigenvalue weighted by Crippen LogP contribution is -2.45. The minimum absolute atomic E-state index is 0.00487. The van der Waals surface area contributed by atoms with E-state index in [1.165, 1.54) is 6.08 Å². The number of carbonyl (C=O) groups is 3. The molecule has 9 heteroatoms. The molecule has 1 aliphatic heterocycles. The van der Waals surface area contributed by atoms with Crippen LogP contribution in [0.15, 0.2) is 51.8 Å². The number of carbonyl (C=O) groups excluding carboxylic acids is 1. The summed E-state index contributed by atoms with van der Waals surface area (Å²) in [6.07, 6.45) is 0.722. The first kappa shape index (κ1) is 18.9. The molecule has 1 aromatic heterocycles. The van der Waals surface area contributed by atoms with Crippen LogP contribution in [-0.2, 0) is 14.4 Å². The molecule has 1 aliphatic rings. The summed E-state index contributed by atoms with van der Waals surface area (Å²) in [5.41, 5.74) is 0.872. The zero-order valence-corrected chi connectivity index (χ0v) is 15.3. The molecule has 138 valence electrons. The van der Waals surface area contributed by atoms with Gasteiger partial charge < -0.3 is 14.6 Å². The first-order valence-corrected chi connectivity index (χ1v) is 8.96. The minimum Gasteiger partial charge on any atom is -0.481 e. The van der Waals surface area contributed by atoms with E-state index in [4.69, 9.17) is 21.7 Å². The fourth-order valence-corrected chi connectivity index (χ4v) is 3.86. The van der Waals surface area contributed by atoms with Crippen LogP contribution in [0.5, 0.6) is 0 Å². The molecule has 1 atom stereocenters. The number of nitrogens with zero attached hydrogens (tertiary/aromatic N) is 1. The van der Waals surface area contributed by atoms with Gasteiger partial charge in [-0.3, -0.25) is 14.5 Å². The van der Waals surface area contributed by atoms with Gasteiger partial charge >= 0.3 is 11.9 Å². The van der Waals surface area contributed by atoms with Crippen LogP contribution in [0, 0.1) is 0 Å². The van der Waals surface area contributed by atoms with Gasteiger partial charge in [-0.15, -0.1) is 0 Å². The molecule has 0 unspecified atom stereocenters. The van der Waals surface area contributed by atoms with Crippen LogP contribution in [0.2, 0.25) is 0 Å². The van der Waals surface area contributed by atoms with Gasteiger partial charge in [0, 0.05) is 11.6 Å². The van der Waals surface area contributed by atoms with E-state index in [0.29, 0.717) is 11.5 Å². The van der Waals surface area contributed by atoms with Crippen LogP contribution < -0.4 is 0 Å². The molecule has 2 heterocycles. The van der Waals surface area contributed by atoms with Gasteiger partial charge in [-0.25, -0.2) is 4.79 Å². The Morgan fingerprint density at radius 2 is 1.89 bits per heavy atom. The number of aliphatic carboxylic acids is 2. The van der Waals surface area contributed by atoms with Gasteiger partial charge in [0.05, 0.1) is 11.3 Å².